The molecule has 2 heterocycles. The van der Waals surface area contributed by atoms with Gasteiger partial charge in [-0.05, 0) is 38.5 Å². The molecule has 1 amide bonds. The Bertz CT molecular complexity index is 682. The first-order chi connectivity index (χ1) is 11.6. The Kier molecular flexibility index (Phi) is 5.12. The lowest BCUT2D eigenvalue weighted by Crippen LogP contribution is -2.49. The normalized spacial score (nSPS) is 23.8. The Morgan fingerprint density at radius 1 is 1.50 bits per heavy atom. The van der Waals surface area contributed by atoms with Crippen molar-refractivity contribution in [3.63, 3.8) is 0 Å². The van der Waals surface area contributed by atoms with Crippen LogP contribution in [-0.4, -0.2) is 47.3 Å². The lowest BCUT2D eigenvalue weighted by atomic mass is 10.1. The zero-order valence-electron chi connectivity index (χ0n) is 14.4. The van der Waals surface area contributed by atoms with Crippen LogP contribution < -0.4 is 0 Å². The number of nitrogens with zero attached hydrogens (tertiary/aromatic N) is 3. The minimum Gasteiger partial charge on any atom is -0.372 e. The molecule has 1 aromatic heterocycles. The second kappa shape index (κ2) is 7.12. The van der Waals surface area contributed by atoms with Crippen molar-refractivity contribution in [3.8, 4) is 6.07 Å². The summed E-state index contributed by atoms with van der Waals surface area (Å²) in [5, 5.41) is 10.2. The van der Waals surface area contributed by atoms with E-state index in [1.165, 1.54) is 11.8 Å². The van der Waals surface area contributed by atoms with Crippen molar-refractivity contribution in [2.24, 2.45) is 0 Å². The summed E-state index contributed by atoms with van der Waals surface area (Å²) in [5.74, 6) is 0.377. The largest absolute Gasteiger partial charge is 0.372 e. The maximum atomic E-state index is 13.1. The summed E-state index contributed by atoms with van der Waals surface area (Å²) in [6.45, 7) is 5.20. The van der Waals surface area contributed by atoms with Crippen LogP contribution in [0.3, 0.4) is 0 Å². The predicted octanol–water partition coefficient (Wildman–Crippen LogP) is 3.19. The highest BCUT2D eigenvalue weighted by Crippen LogP contribution is 2.40. The summed E-state index contributed by atoms with van der Waals surface area (Å²) >= 11 is 1.43. The third kappa shape index (κ3) is 3.42. The first-order valence-corrected chi connectivity index (χ1v) is 9.73. The van der Waals surface area contributed by atoms with E-state index in [-0.39, 0.29) is 18.1 Å². The van der Waals surface area contributed by atoms with Gasteiger partial charge in [0, 0.05) is 24.7 Å². The van der Waals surface area contributed by atoms with E-state index in [2.05, 4.69) is 18.0 Å². The van der Waals surface area contributed by atoms with Gasteiger partial charge in [-0.1, -0.05) is 6.92 Å². The number of morpholine rings is 1. The molecular weight excluding hydrogens is 322 g/mol. The predicted molar refractivity (Wildman–Crippen MR) is 93.2 cm³/mol. The Morgan fingerprint density at radius 2 is 2.25 bits per heavy atom. The van der Waals surface area contributed by atoms with Crippen molar-refractivity contribution in [2.45, 2.75) is 56.3 Å². The Labute approximate surface area is 147 Å². The molecule has 1 saturated carbocycles. The maximum absolute atomic E-state index is 13.1. The SMILES string of the molecule is CC[C@H]1CN(C(=O)c2cc(C3CC3)nc(SC)c2C#N)C[C@H](C)O1. The van der Waals surface area contributed by atoms with Gasteiger partial charge < -0.3 is 9.64 Å². The van der Waals surface area contributed by atoms with Crippen LogP contribution in [-0.2, 0) is 4.74 Å². The van der Waals surface area contributed by atoms with E-state index in [1.807, 2.05) is 24.1 Å². The minimum absolute atomic E-state index is 0.0166. The van der Waals surface area contributed by atoms with E-state index in [9.17, 15) is 10.1 Å². The summed E-state index contributed by atoms with van der Waals surface area (Å²) < 4.78 is 5.85. The molecule has 1 aliphatic carbocycles. The van der Waals surface area contributed by atoms with Gasteiger partial charge >= 0.3 is 0 Å². The van der Waals surface area contributed by atoms with Crippen molar-refractivity contribution in [3.05, 3.63) is 22.9 Å². The van der Waals surface area contributed by atoms with Crippen molar-refractivity contribution in [1.82, 2.24) is 9.88 Å². The van der Waals surface area contributed by atoms with E-state index < -0.39 is 0 Å². The first kappa shape index (κ1) is 17.2. The fourth-order valence-electron chi connectivity index (χ4n) is 3.16. The molecule has 0 N–H and O–H groups in total. The molecule has 0 bridgehead atoms. The number of thioether (sulfide) groups is 1. The number of carbonyl (C=O) groups excluding carboxylic acids is 1. The number of nitriles is 1. The fraction of sp³-hybridized carbons (Fsp3) is 0.611. The van der Waals surface area contributed by atoms with E-state index >= 15 is 0 Å². The lowest BCUT2D eigenvalue weighted by Gasteiger charge is -2.36. The third-order valence-electron chi connectivity index (χ3n) is 4.61. The average Bonchev–Trinajstić information content (AvgIpc) is 3.44. The minimum atomic E-state index is -0.0697. The van der Waals surface area contributed by atoms with Gasteiger partial charge in [-0.2, -0.15) is 5.26 Å². The number of aromatic nitrogens is 1. The van der Waals surface area contributed by atoms with Crippen molar-refractivity contribution >= 4 is 17.7 Å². The van der Waals surface area contributed by atoms with E-state index in [4.69, 9.17) is 4.74 Å². The Balaban J connectivity index is 1.96. The molecule has 3 rings (SSSR count). The quantitative estimate of drug-likeness (QED) is 0.784. The molecule has 2 atom stereocenters. The van der Waals surface area contributed by atoms with Gasteiger partial charge in [-0.15, -0.1) is 11.8 Å². The zero-order chi connectivity index (χ0) is 17.3. The lowest BCUT2D eigenvalue weighted by molar-refractivity contribution is -0.0681. The molecule has 1 aliphatic heterocycles. The van der Waals surface area contributed by atoms with Gasteiger partial charge in [0.25, 0.3) is 5.91 Å². The second-order valence-corrected chi connectivity index (χ2v) is 7.35. The summed E-state index contributed by atoms with van der Waals surface area (Å²) in [5.41, 5.74) is 1.86. The van der Waals surface area contributed by atoms with Crippen molar-refractivity contribution in [1.29, 1.82) is 5.26 Å². The number of carbonyl (C=O) groups is 1. The molecule has 2 fully saturated rings. The van der Waals surface area contributed by atoms with E-state index in [0.29, 0.717) is 35.2 Å². The zero-order valence-corrected chi connectivity index (χ0v) is 15.2. The summed E-state index contributed by atoms with van der Waals surface area (Å²) in [7, 11) is 0. The smallest absolute Gasteiger partial charge is 0.255 e. The van der Waals surface area contributed by atoms with Crippen LogP contribution in [0, 0.1) is 11.3 Å². The molecule has 0 aromatic carbocycles. The molecule has 0 radical (unpaired) electrons. The van der Waals surface area contributed by atoms with Crippen molar-refractivity contribution in [2.75, 3.05) is 19.3 Å². The molecule has 128 valence electrons. The average molecular weight is 345 g/mol. The monoisotopic (exact) mass is 345 g/mol. The highest BCUT2D eigenvalue weighted by atomic mass is 32.2. The van der Waals surface area contributed by atoms with E-state index in [1.54, 1.807) is 0 Å². The summed E-state index contributed by atoms with van der Waals surface area (Å²) in [4.78, 5) is 19.6. The van der Waals surface area contributed by atoms with Crippen LogP contribution in [0.15, 0.2) is 11.1 Å². The molecule has 1 aromatic rings. The van der Waals surface area contributed by atoms with Crippen LogP contribution in [0.25, 0.3) is 0 Å². The van der Waals surface area contributed by atoms with Gasteiger partial charge in [-0.3, -0.25) is 4.79 Å². The number of pyridine rings is 1. The molecule has 6 heteroatoms. The standard InChI is InChI=1S/C18H23N3O2S/c1-4-13-10-21(9-11(2)23-13)18(22)14-7-16(12-5-6-12)20-17(24-3)15(14)8-19/h7,11-13H,4-6,9-10H2,1-3H3/t11-,13-/m0/s1. The summed E-state index contributed by atoms with van der Waals surface area (Å²) in [6.07, 6.45) is 5.09. The van der Waals surface area contributed by atoms with Crippen molar-refractivity contribution < 1.29 is 9.53 Å². The number of rotatable bonds is 4. The van der Waals surface area contributed by atoms with Gasteiger partial charge in [0.2, 0.25) is 0 Å². The van der Waals surface area contributed by atoms with Gasteiger partial charge in [0.1, 0.15) is 11.1 Å². The first-order valence-electron chi connectivity index (χ1n) is 8.51. The van der Waals surface area contributed by atoms with Crippen LogP contribution in [0.5, 0.6) is 0 Å². The number of hydrogen-bond donors (Lipinski definition) is 0. The van der Waals surface area contributed by atoms with Gasteiger partial charge in [-0.25, -0.2) is 4.98 Å². The molecule has 0 unspecified atom stereocenters. The Hall–Kier alpha value is -1.58. The molecule has 5 nitrogen and oxygen atoms in total. The molecular formula is C18H23N3O2S. The second-order valence-electron chi connectivity index (χ2n) is 6.55. The summed E-state index contributed by atoms with van der Waals surface area (Å²) in [6, 6.07) is 4.04. The molecule has 2 aliphatic rings. The van der Waals surface area contributed by atoms with Gasteiger partial charge in [0.05, 0.1) is 23.3 Å². The van der Waals surface area contributed by atoms with E-state index in [0.717, 1.165) is 25.0 Å². The van der Waals surface area contributed by atoms with Crippen LogP contribution in [0.1, 0.15) is 60.6 Å². The highest BCUT2D eigenvalue weighted by Gasteiger charge is 2.32. The topological polar surface area (TPSA) is 66.2 Å². The fourth-order valence-corrected chi connectivity index (χ4v) is 3.72. The van der Waals surface area contributed by atoms with Gasteiger partial charge in [0.15, 0.2) is 0 Å². The third-order valence-corrected chi connectivity index (χ3v) is 5.29. The Morgan fingerprint density at radius 3 is 2.83 bits per heavy atom. The molecule has 1 saturated heterocycles. The highest BCUT2D eigenvalue weighted by molar-refractivity contribution is 7.98. The maximum Gasteiger partial charge on any atom is 0.255 e. The number of amides is 1. The van der Waals surface area contributed by atoms with Crippen LogP contribution in [0.2, 0.25) is 0 Å². The molecule has 24 heavy (non-hydrogen) atoms. The number of hydrogen-bond acceptors (Lipinski definition) is 5. The molecule has 0 spiro atoms. The number of ether oxygens (including phenoxy) is 1. The van der Waals surface area contributed by atoms with Crippen LogP contribution in [0.4, 0.5) is 0 Å². The van der Waals surface area contributed by atoms with Crippen LogP contribution >= 0.6 is 11.8 Å².